The van der Waals surface area contributed by atoms with E-state index in [9.17, 15) is 17.8 Å². The van der Waals surface area contributed by atoms with Gasteiger partial charge in [0.25, 0.3) is 5.92 Å². The second-order valence-corrected chi connectivity index (χ2v) is 5.79. The quantitative estimate of drug-likeness (QED) is 0.792. The van der Waals surface area contributed by atoms with E-state index >= 15 is 0 Å². The Kier molecular flexibility index (Phi) is 3.75. The molecule has 2 rings (SSSR count). The summed E-state index contributed by atoms with van der Waals surface area (Å²) in [5, 5.41) is -1.38. The van der Waals surface area contributed by atoms with Crippen molar-refractivity contribution in [3.8, 4) is 0 Å². The van der Waals surface area contributed by atoms with Crippen molar-refractivity contribution in [1.82, 2.24) is 0 Å². The van der Waals surface area contributed by atoms with Gasteiger partial charge in [0.15, 0.2) is 0 Å². The summed E-state index contributed by atoms with van der Waals surface area (Å²) in [6.07, 6.45) is -0.410. The van der Waals surface area contributed by atoms with Crippen LogP contribution in [0.15, 0.2) is 30.3 Å². The van der Waals surface area contributed by atoms with E-state index in [0.717, 1.165) is 0 Å². The van der Waals surface area contributed by atoms with Crippen LogP contribution in [0.5, 0.6) is 0 Å². The number of hydrogen-bond acceptors (Lipinski definition) is 3. The molecule has 18 heavy (non-hydrogen) atoms. The molecule has 98 valence electrons. The molecule has 0 amide bonds. The van der Waals surface area contributed by atoms with Crippen LogP contribution in [0.3, 0.4) is 0 Å². The van der Waals surface area contributed by atoms with E-state index in [1.165, 1.54) is 12.1 Å². The Morgan fingerprint density at radius 1 is 1.39 bits per heavy atom. The average Bonchev–Trinajstić information content (AvgIpc) is 2.62. The van der Waals surface area contributed by atoms with Gasteiger partial charge >= 0.3 is 5.97 Å². The molecule has 1 aromatic carbocycles. The molecule has 1 aliphatic heterocycles. The van der Waals surface area contributed by atoms with Gasteiger partial charge < -0.3 is 4.74 Å². The van der Waals surface area contributed by atoms with Crippen molar-refractivity contribution in [2.24, 2.45) is 0 Å². The molecule has 6 heteroatoms. The highest BCUT2D eigenvalue weighted by molar-refractivity contribution is 7.86. The maximum Gasteiger partial charge on any atom is 0.338 e. The van der Waals surface area contributed by atoms with Crippen LogP contribution in [0.25, 0.3) is 0 Å². The van der Waals surface area contributed by atoms with E-state index < -0.39 is 41.0 Å². The fraction of sp³-hybridized carbons (Fsp3) is 0.417. The molecular formula is C12H12F2O3S. The van der Waals surface area contributed by atoms with Crippen LogP contribution in [0, 0.1) is 0 Å². The largest absolute Gasteiger partial charge is 0.461 e. The summed E-state index contributed by atoms with van der Waals surface area (Å²) in [6.45, 7) is -0.507. The topological polar surface area (TPSA) is 43.4 Å². The van der Waals surface area contributed by atoms with Crippen LogP contribution in [-0.2, 0) is 15.5 Å². The fourth-order valence-electron chi connectivity index (χ4n) is 1.74. The van der Waals surface area contributed by atoms with E-state index in [1.807, 2.05) is 0 Å². The lowest BCUT2D eigenvalue weighted by molar-refractivity contribution is -0.0165. The van der Waals surface area contributed by atoms with Crippen molar-refractivity contribution in [2.45, 2.75) is 17.6 Å². The highest BCUT2D eigenvalue weighted by Crippen LogP contribution is 2.34. The molecule has 0 aromatic heterocycles. The number of alkyl halides is 2. The van der Waals surface area contributed by atoms with Gasteiger partial charge in [0.2, 0.25) is 0 Å². The first kappa shape index (κ1) is 13.1. The molecule has 0 N–H and O–H groups in total. The second kappa shape index (κ2) is 5.14. The van der Waals surface area contributed by atoms with Gasteiger partial charge in [-0.3, -0.25) is 4.21 Å². The minimum absolute atomic E-state index is 0.0411. The summed E-state index contributed by atoms with van der Waals surface area (Å²) in [4.78, 5) is 11.6. The minimum Gasteiger partial charge on any atom is -0.461 e. The highest BCUT2D eigenvalue weighted by Gasteiger charge is 2.49. The standard InChI is InChI=1S/C12H12F2O3S/c13-12(14)6-7-18(16)10(12)8-17-11(15)9-4-2-1-3-5-9/h1-5,10H,6-8H2/t10-,18?/m0/s1. The van der Waals surface area contributed by atoms with Crippen molar-refractivity contribution in [1.29, 1.82) is 0 Å². The van der Waals surface area contributed by atoms with Crippen molar-refractivity contribution >= 4 is 16.8 Å². The number of carbonyl (C=O) groups excluding carboxylic acids is 1. The fourth-order valence-corrected chi connectivity index (χ4v) is 3.22. The van der Waals surface area contributed by atoms with Crippen LogP contribution < -0.4 is 0 Å². The maximum atomic E-state index is 13.3. The van der Waals surface area contributed by atoms with E-state index in [1.54, 1.807) is 18.2 Å². The Morgan fingerprint density at radius 3 is 2.61 bits per heavy atom. The lowest BCUT2D eigenvalue weighted by Crippen LogP contribution is -2.34. The third kappa shape index (κ3) is 2.75. The van der Waals surface area contributed by atoms with Crippen LogP contribution in [-0.4, -0.2) is 33.7 Å². The summed E-state index contributed by atoms with van der Waals surface area (Å²) in [7, 11) is -1.63. The predicted octanol–water partition coefficient (Wildman–Crippen LogP) is 2.00. The number of halogens is 2. The minimum atomic E-state index is -3.01. The van der Waals surface area contributed by atoms with E-state index in [-0.39, 0.29) is 5.75 Å². The van der Waals surface area contributed by atoms with Crippen LogP contribution in [0.1, 0.15) is 16.8 Å². The number of ether oxygens (including phenoxy) is 1. The van der Waals surface area contributed by atoms with Crippen LogP contribution >= 0.6 is 0 Å². The van der Waals surface area contributed by atoms with Gasteiger partial charge in [0.05, 0.1) is 5.56 Å². The molecule has 1 aliphatic rings. The maximum absolute atomic E-state index is 13.3. The lowest BCUT2D eigenvalue weighted by Gasteiger charge is -2.17. The van der Waals surface area contributed by atoms with E-state index in [0.29, 0.717) is 5.56 Å². The number of esters is 1. The number of carbonyl (C=O) groups is 1. The molecule has 0 saturated carbocycles. The zero-order chi connectivity index (χ0) is 13.2. The molecule has 0 aliphatic carbocycles. The summed E-state index contributed by atoms with van der Waals surface area (Å²) in [5.41, 5.74) is 0.296. The number of benzene rings is 1. The van der Waals surface area contributed by atoms with Crippen molar-refractivity contribution < 1.29 is 22.5 Å². The third-order valence-electron chi connectivity index (χ3n) is 2.80. The molecule has 1 fully saturated rings. The van der Waals surface area contributed by atoms with Crippen LogP contribution in [0.2, 0.25) is 0 Å². The smallest absolute Gasteiger partial charge is 0.338 e. The molecule has 0 spiro atoms. The summed E-state index contributed by atoms with van der Waals surface area (Å²) < 4.78 is 42.8. The van der Waals surface area contributed by atoms with Gasteiger partial charge in [0, 0.05) is 23.0 Å². The average molecular weight is 274 g/mol. The van der Waals surface area contributed by atoms with E-state index in [4.69, 9.17) is 4.74 Å². The third-order valence-corrected chi connectivity index (χ3v) is 4.52. The van der Waals surface area contributed by atoms with Gasteiger partial charge in [-0.25, -0.2) is 13.6 Å². The molecule has 1 heterocycles. The molecule has 3 nitrogen and oxygen atoms in total. The monoisotopic (exact) mass is 274 g/mol. The zero-order valence-electron chi connectivity index (χ0n) is 9.47. The molecule has 1 aromatic rings. The highest BCUT2D eigenvalue weighted by atomic mass is 32.2. The van der Waals surface area contributed by atoms with Gasteiger partial charge in [0.1, 0.15) is 11.9 Å². The van der Waals surface area contributed by atoms with Gasteiger partial charge in [-0.1, -0.05) is 18.2 Å². The van der Waals surface area contributed by atoms with Gasteiger partial charge in [-0.15, -0.1) is 0 Å². The Morgan fingerprint density at radius 2 is 2.06 bits per heavy atom. The summed E-state index contributed by atoms with van der Waals surface area (Å²) in [6, 6.07) is 8.10. The molecular weight excluding hydrogens is 262 g/mol. The summed E-state index contributed by atoms with van der Waals surface area (Å²) in [5.74, 6) is -3.72. The zero-order valence-corrected chi connectivity index (χ0v) is 10.3. The predicted molar refractivity (Wildman–Crippen MR) is 63.1 cm³/mol. The first-order chi connectivity index (χ1) is 8.50. The first-order valence-electron chi connectivity index (χ1n) is 5.48. The Hall–Kier alpha value is -1.30. The molecule has 1 saturated heterocycles. The Labute approximate surface area is 106 Å². The molecule has 0 bridgehead atoms. The SMILES string of the molecule is O=C(OC[C@@H]1S(=O)CCC1(F)F)c1ccccc1. The normalized spacial score (nSPS) is 25.9. The Bertz CT molecular complexity index is 462. The molecule has 0 radical (unpaired) electrons. The lowest BCUT2D eigenvalue weighted by atomic mass is 10.2. The number of hydrogen-bond donors (Lipinski definition) is 0. The first-order valence-corrected chi connectivity index (χ1v) is 6.86. The Balaban J connectivity index is 1.96. The van der Waals surface area contributed by atoms with Crippen molar-refractivity contribution in [2.75, 3.05) is 12.4 Å². The van der Waals surface area contributed by atoms with E-state index in [2.05, 4.69) is 0 Å². The summed E-state index contributed by atoms with van der Waals surface area (Å²) >= 11 is 0. The van der Waals surface area contributed by atoms with Crippen molar-refractivity contribution in [3.05, 3.63) is 35.9 Å². The molecule has 1 unspecified atom stereocenters. The van der Waals surface area contributed by atoms with Crippen molar-refractivity contribution in [3.63, 3.8) is 0 Å². The van der Waals surface area contributed by atoms with Crippen LogP contribution in [0.4, 0.5) is 8.78 Å². The van der Waals surface area contributed by atoms with Gasteiger partial charge in [-0.2, -0.15) is 0 Å². The second-order valence-electron chi connectivity index (χ2n) is 4.05. The van der Waals surface area contributed by atoms with Gasteiger partial charge in [-0.05, 0) is 12.1 Å². The number of rotatable bonds is 3. The molecule has 2 atom stereocenters.